The third kappa shape index (κ3) is 3.47. The molecule has 0 aliphatic rings. The Hall–Kier alpha value is -1.34. The first-order valence-electron chi connectivity index (χ1n) is 6.63. The summed E-state index contributed by atoms with van der Waals surface area (Å²) >= 11 is 6.15. The molecule has 0 saturated heterocycles. The minimum atomic E-state index is -3.07. The fraction of sp³-hybridized carbons (Fsp3) is 0.538. The number of imidazole rings is 1. The van der Waals surface area contributed by atoms with Crippen molar-refractivity contribution in [3.8, 4) is 5.88 Å². The zero-order valence-electron chi connectivity index (χ0n) is 12.2. The van der Waals surface area contributed by atoms with E-state index in [1.54, 1.807) is 30.5 Å². The van der Waals surface area contributed by atoms with Gasteiger partial charge in [0.15, 0.2) is 15.5 Å². The molecule has 0 radical (unpaired) electrons. The summed E-state index contributed by atoms with van der Waals surface area (Å²) in [6.07, 6.45) is 0. The second kappa shape index (κ2) is 6.19. The first-order valence-corrected chi connectivity index (χ1v) is 8.89. The Bertz CT molecular complexity index is 740. The lowest BCUT2D eigenvalue weighted by molar-refractivity contribution is 0.399. The Morgan fingerprint density at radius 3 is 2.67 bits per heavy atom. The number of ether oxygens (including phenoxy) is 1. The molecule has 116 valence electrons. The van der Waals surface area contributed by atoms with Crippen molar-refractivity contribution in [1.29, 1.82) is 0 Å². The number of pyridine rings is 1. The number of aromatic nitrogens is 3. The summed E-state index contributed by atoms with van der Waals surface area (Å²) in [5.41, 5.74) is 1.26. The maximum atomic E-state index is 11.7. The van der Waals surface area contributed by atoms with Gasteiger partial charge in [-0.25, -0.2) is 13.4 Å². The molecule has 1 atom stereocenters. The molecule has 0 aromatic carbocycles. The van der Waals surface area contributed by atoms with Crippen LogP contribution in [0.4, 0.5) is 0 Å². The summed E-state index contributed by atoms with van der Waals surface area (Å²) in [5.74, 6) is 1.21. The van der Waals surface area contributed by atoms with E-state index < -0.39 is 9.84 Å². The predicted octanol–water partition coefficient (Wildman–Crippen LogP) is 2.17. The van der Waals surface area contributed by atoms with Gasteiger partial charge < -0.3 is 9.30 Å². The van der Waals surface area contributed by atoms with E-state index in [4.69, 9.17) is 16.3 Å². The number of sulfone groups is 1. The number of hydrogen-bond donors (Lipinski definition) is 0. The van der Waals surface area contributed by atoms with Crippen LogP contribution in [-0.4, -0.2) is 41.6 Å². The molecule has 6 nitrogen and oxygen atoms in total. The van der Waals surface area contributed by atoms with Crippen molar-refractivity contribution in [3.63, 3.8) is 0 Å². The van der Waals surface area contributed by atoms with Gasteiger partial charge in [-0.1, -0.05) is 6.92 Å². The molecule has 21 heavy (non-hydrogen) atoms. The zero-order chi connectivity index (χ0) is 15.6. The van der Waals surface area contributed by atoms with Crippen LogP contribution in [0, 0.1) is 0 Å². The maximum Gasteiger partial charge on any atom is 0.215 e. The lowest BCUT2D eigenvalue weighted by atomic mass is 10.4. The number of rotatable bonds is 6. The summed E-state index contributed by atoms with van der Waals surface area (Å²) < 4.78 is 30.3. The van der Waals surface area contributed by atoms with Gasteiger partial charge in [-0.05, 0) is 13.0 Å². The minimum Gasteiger partial charge on any atom is -0.481 e. The van der Waals surface area contributed by atoms with Crippen LogP contribution < -0.4 is 4.74 Å². The van der Waals surface area contributed by atoms with Crippen molar-refractivity contribution in [2.45, 2.75) is 25.8 Å². The van der Waals surface area contributed by atoms with Gasteiger partial charge >= 0.3 is 0 Å². The van der Waals surface area contributed by atoms with Crippen LogP contribution in [0.25, 0.3) is 11.2 Å². The van der Waals surface area contributed by atoms with Crippen molar-refractivity contribution >= 4 is 32.6 Å². The standard InChI is InChI=1S/C13H18ClN3O3S/c1-4-21(18,19)8-7-17-12(9(2)14)15-10-5-6-11(20-3)16-13(10)17/h5-6,9H,4,7-8H2,1-3H3. The van der Waals surface area contributed by atoms with E-state index in [1.165, 1.54) is 7.11 Å². The Kier molecular flexibility index (Phi) is 4.73. The van der Waals surface area contributed by atoms with E-state index in [-0.39, 0.29) is 23.4 Å². The molecule has 0 bridgehead atoms. The monoisotopic (exact) mass is 331 g/mol. The Labute approximate surface area is 129 Å². The van der Waals surface area contributed by atoms with E-state index in [1.807, 2.05) is 0 Å². The third-order valence-corrected chi connectivity index (χ3v) is 5.11. The molecule has 2 aromatic rings. The normalized spacial score (nSPS) is 13.5. The van der Waals surface area contributed by atoms with Gasteiger partial charge in [0.25, 0.3) is 0 Å². The molecule has 0 amide bonds. The summed E-state index contributed by atoms with van der Waals surface area (Å²) in [4.78, 5) is 8.78. The number of methoxy groups -OCH3 is 1. The number of halogens is 1. The molecule has 8 heteroatoms. The number of nitrogens with zero attached hydrogens (tertiary/aromatic N) is 3. The largest absolute Gasteiger partial charge is 0.481 e. The van der Waals surface area contributed by atoms with Crippen LogP contribution in [0.5, 0.6) is 5.88 Å². The number of fused-ring (bicyclic) bond motifs is 1. The average Bonchev–Trinajstić information content (AvgIpc) is 2.83. The van der Waals surface area contributed by atoms with Gasteiger partial charge in [0.2, 0.25) is 5.88 Å². The SMILES string of the molecule is CCS(=O)(=O)CCn1c(C(C)Cl)nc2ccc(OC)nc21. The fourth-order valence-electron chi connectivity index (χ4n) is 2.01. The van der Waals surface area contributed by atoms with Crippen molar-refractivity contribution < 1.29 is 13.2 Å². The van der Waals surface area contributed by atoms with Crippen LogP contribution in [0.2, 0.25) is 0 Å². The zero-order valence-corrected chi connectivity index (χ0v) is 13.8. The number of alkyl halides is 1. The van der Waals surface area contributed by atoms with E-state index in [2.05, 4.69) is 9.97 Å². The first-order chi connectivity index (χ1) is 9.88. The quantitative estimate of drug-likeness (QED) is 0.758. The lowest BCUT2D eigenvalue weighted by Crippen LogP contribution is -2.16. The van der Waals surface area contributed by atoms with E-state index in [0.29, 0.717) is 22.9 Å². The Balaban J connectivity index is 2.49. The molecule has 0 aliphatic heterocycles. The van der Waals surface area contributed by atoms with Crippen LogP contribution in [-0.2, 0) is 16.4 Å². The van der Waals surface area contributed by atoms with E-state index >= 15 is 0 Å². The summed E-state index contributed by atoms with van der Waals surface area (Å²) in [7, 11) is -1.54. The molecule has 2 aromatic heterocycles. The maximum absolute atomic E-state index is 11.7. The Morgan fingerprint density at radius 2 is 2.10 bits per heavy atom. The minimum absolute atomic E-state index is 0.0322. The molecule has 0 fully saturated rings. The summed E-state index contributed by atoms with van der Waals surface area (Å²) in [6, 6.07) is 3.50. The van der Waals surface area contributed by atoms with Crippen molar-refractivity contribution in [2.24, 2.45) is 0 Å². The van der Waals surface area contributed by atoms with E-state index in [0.717, 1.165) is 0 Å². The molecule has 1 unspecified atom stereocenters. The van der Waals surface area contributed by atoms with Crippen LogP contribution >= 0.6 is 11.6 Å². The topological polar surface area (TPSA) is 74.1 Å². The molecule has 0 saturated carbocycles. The summed E-state index contributed by atoms with van der Waals surface area (Å²) in [5, 5.41) is -0.338. The second-order valence-electron chi connectivity index (χ2n) is 4.67. The number of hydrogen-bond acceptors (Lipinski definition) is 5. The highest BCUT2D eigenvalue weighted by molar-refractivity contribution is 7.91. The van der Waals surface area contributed by atoms with Gasteiger partial charge in [0, 0.05) is 18.4 Å². The van der Waals surface area contributed by atoms with Gasteiger partial charge in [-0.15, -0.1) is 11.6 Å². The van der Waals surface area contributed by atoms with Gasteiger partial charge in [-0.3, -0.25) is 0 Å². The van der Waals surface area contributed by atoms with Crippen LogP contribution in [0.1, 0.15) is 25.0 Å². The smallest absolute Gasteiger partial charge is 0.215 e. The highest BCUT2D eigenvalue weighted by Crippen LogP contribution is 2.25. The average molecular weight is 332 g/mol. The van der Waals surface area contributed by atoms with Crippen molar-refractivity contribution in [3.05, 3.63) is 18.0 Å². The van der Waals surface area contributed by atoms with Crippen LogP contribution in [0.3, 0.4) is 0 Å². The van der Waals surface area contributed by atoms with Gasteiger partial charge in [0.05, 0.1) is 18.2 Å². The molecule has 2 heterocycles. The molecule has 0 N–H and O–H groups in total. The highest BCUT2D eigenvalue weighted by Gasteiger charge is 2.18. The summed E-state index contributed by atoms with van der Waals surface area (Å²) in [6.45, 7) is 3.71. The van der Waals surface area contributed by atoms with Crippen molar-refractivity contribution in [1.82, 2.24) is 14.5 Å². The highest BCUT2D eigenvalue weighted by atomic mass is 35.5. The molecule has 0 aliphatic carbocycles. The Morgan fingerprint density at radius 1 is 1.38 bits per heavy atom. The fourth-order valence-corrected chi connectivity index (χ4v) is 2.93. The van der Waals surface area contributed by atoms with Gasteiger partial charge in [-0.2, -0.15) is 4.98 Å². The molecule has 2 rings (SSSR count). The first kappa shape index (κ1) is 16.0. The van der Waals surface area contributed by atoms with Gasteiger partial charge in [0.1, 0.15) is 11.3 Å². The third-order valence-electron chi connectivity index (χ3n) is 3.23. The lowest BCUT2D eigenvalue weighted by Gasteiger charge is -2.10. The van der Waals surface area contributed by atoms with Crippen LogP contribution in [0.15, 0.2) is 12.1 Å². The second-order valence-corrected chi connectivity index (χ2v) is 7.80. The number of aryl methyl sites for hydroxylation is 1. The van der Waals surface area contributed by atoms with E-state index in [9.17, 15) is 8.42 Å². The molecular weight excluding hydrogens is 314 g/mol. The van der Waals surface area contributed by atoms with Crippen molar-refractivity contribution in [2.75, 3.05) is 18.6 Å². The molecular formula is C13H18ClN3O3S. The predicted molar refractivity (Wildman–Crippen MR) is 82.7 cm³/mol. The molecule has 0 spiro atoms.